The highest BCUT2D eigenvalue weighted by atomic mass is 16.5. The van der Waals surface area contributed by atoms with Gasteiger partial charge in [0.25, 0.3) is 0 Å². The third-order valence-corrected chi connectivity index (χ3v) is 3.38. The molecule has 0 radical (unpaired) electrons. The molecule has 1 aliphatic rings. The van der Waals surface area contributed by atoms with Gasteiger partial charge < -0.3 is 9.84 Å². The largest absolute Gasteiger partial charge is 0.396 e. The normalized spacial score (nSPS) is 25.6. The molecule has 2 heteroatoms. The Morgan fingerprint density at radius 2 is 1.75 bits per heavy atom. The van der Waals surface area contributed by atoms with E-state index in [-0.39, 0.29) is 0 Å². The minimum atomic E-state index is 0.339. The summed E-state index contributed by atoms with van der Waals surface area (Å²) >= 11 is 0. The first-order valence-corrected chi connectivity index (χ1v) is 6.15. The van der Waals surface area contributed by atoms with Crippen LogP contribution in [0.3, 0.4) is 0 Å². The molecule has 0 spiro atoms. The van der Waals surface area contributed by atoms with E-state index < -0.39 is 0 Å². The first-order chi connectivity index (χ1) is 7.88. The molecule has 16 heavy (non-hydrogen) atoms. The number of ether oxygens (including phenoxy) is 1. The monoisotopic (exact) mass is 220 g/mol. The van der Waals surface area contributed by atoms with E-state index in [2.05, 4.69) is 12.1 Å². The predicted octanol–water partition coefficient (Wildman–Crippen LogP) is 2.75. The Morgan fingerprint density at radius 3 is 2.38 bits per heavy atom. The second-order valence-electron chi connectivity index (χ2n) is 4.62. The highest BCUT2D eigenvalue weighted by Crippen LogP contribution is 2.26. The van der Waals surface area contributed by atoms with Crippen LogP contribution in [0.5, 0.6) is 0 Å². The molecule has 1 saturated carbocycles. The zero-order valence-electron chi connectivity index (χ0n) is 9.64. The molecular formula is C14H20O2. The van der Waals surface area contributed by atoms with Gasteiger partial charge in [-0.1, -0.05) is 30.3 Å². The van der Waals surface area contributed by atoms with Crippen LogP contribution in [0.15, 0.2) is 30.3 Å². The van der Waals surface area contributed by atoms with Crippen molar-refractivity contribution in [3.05, 3.63) is 35.9 Å². The second-order valence-corrected chi connectivity index (χ2v) is 4.62. The van der Waals surface area contributed by atoms with E-state index >= 15 is 0 Å². The Bertz CT molecular complexity index is 289. The first-order valence-electron chi connectivity index (χ1n) is 6.15. The van der Waals surface area contributed by atoms with E-state index in [1.54, 1.807) is 0 Å². The summed E-state index contributed by atoms with van der Waals surface area (Å²) < 4.78 is 5.88. The van der Waals surface area contributed by atoms with Crippen molar-refractivity contribution in [2.45, 2.75) is 38.4 Å². The molecule has 0 heterocycles. The lowest BCUT2D eigenvalue weighted by atomic mass is 9.88. The molecule has 0 bridgehead atoms. The fourth-order valence-corrected chi connectivity index (χ4v) is 2.27. The van der Waals surface area contributed by atoms with Crippen LogP contribution in [0.2, 0.25) is 0 Å². The molecular weight excluding hydrogens is 200 g/mol. The Kier molecular flexibility index (Phi) is 4.37. The summed E-state index contributed by atoms with van der Waals surface area (Å²) in [6.45, 7) is 1.06. The van der Waals surface area contributed by atoms with E-state index in [0.29, 0.717) is 18.6 Å². The highest BCUT2D eigenvalue weighted by molar-refractivity contribution is 5.13. The van der Waals surface area contributed by atoms with Crippen LogP contribution >= 0.6 is 0 Å². The standard InChI is InChI=1S/C14H20O2/c15-10-12-6-8-14(9-7-12)16-11-13-4-2-1-3-5-13/h1-5,12,14-15H,6-11H2. The van der Waals surface area contributed by atoms with Gasteiger partial charge in [0.1, 0.15) is 0 Å². The molecule has 1 fully saturated rings. The van der Waals surface area contributed by atoms with Crippen LogP contribution in [0, 0.1) is 5.92 Å². The van der Waals surface area contributed by atoms with E-state index in [1.165, 1.54) is 5.56 Å². The van der Waals surface area contributed by atoms with Gasteiger partial charge in [-0.2, -0.15) is 0 Å². The molecule has 88 valence electrons. The molecule has 0 unspecified atom stereocenters. The molecule has 2 rings (SSSR count). The van der Waals surface area contributed by atoms with Gasteiger partial charge in [0, 0.05) is 6.61 Å². The second kappa shape index (κ2) is 6.02. The third-order valence-electron chi connectivity index (χ3n) is 3.38. The van der Waals surface area contributed by atoms with Crippen molar-refractivity contribution in [3.63, 3.8) is 0 Å². The molecule has 0 atom stereocenters. The van der Waals surface area contributed by atoms with Crippen molar-refractivity contribution in [2.75, 3.05) is 6.61 Å². The van der Waals surface area contributed by atoms with E-state index in [0.717, 1.165) is 32.3 Å². The number of benzene rings is 1. The summed E-state index contributed by atoms with van der Waals surface area (Å²) in [6, 6.07) is 10.3. The van der Waals surface area contributed by atoms with Gasteiger partial charge in [0.2, 0.25) is 0 Å². The van der Waals surface area contributed by atoms with Crippen LogP contribution in [0.25, 0.3) is 0 Å². The number of aliphatic hydroxyl groups is 1. The van der Waals surface area contributed by atoms with Gasteiger partial charge in [-0.25, -0.2) is 0 Å². The number of aliphatic hydroxyl groups excluding tert-OH is 1. The van der Waals surface area contributed by atoms with Gasteiger partial charge in [0.15, 0.2) is 0 Å². The average molecular weight is 220 g/mol. The van der Waals surface area contributed by atoms with Crippen LogP contribution in [-0.4, -0.2) is 17.8 Å². The van der Waals surface area contributed by atoms with Crippen LogP contribution in [0.4, 0.5) is 0 Å². The lowest BCUT2D eigenvalue weighted by Crippen LogP contribution is -2.23. The topological polar surface area (TPSA) is 29.5 Å². The van der Waals surface area contributed by atoms with Gasteiger partial charge in [0.05, 0.1) is 12.7 Å². The summed E-state index contributed by atoms with van der Waals surface area (Å²) in [6.07, 6.45) is 4.80. The minimum absolute atomic E-state index is 0.339. The molecule has 1 N–H and O–H groups in total. The Hall–Kier alpha value is -0.860. The Labute approximate surface area is 97.3 Å². The summed E-state index contributed by atoms with van der Waals surface area (Å²) in [5.41, 5.74) is 1.24. The maximum atomic E-state index is 9.04. The fourth-order valence-electron chi connectivity index (χ4n) is 2.27. The molecule has 2 nitrogen and oxygen atoms in total. The van der Waals surface area contributed by atoms with Gasteiger partial charge >= 0.3 is 0 Å². The summed E-state index contributed by atoms with van der Waals surface area (Å²) in [5.74, 6) is 0.511. The van der Waals surface area contributed by atoms with Crippen LogP contribution in [-0.2, 0) is 11.3 Å². The number of hydrogen-bond acceptors (Lipinski definition) is 2. The molecule has 1 aliphatic carbocycles. The van der Waals surface area contributed by atoms with Crippen LogP contribution < -0.4 is 0 Å². The van der Waals surface area contributed by atoms with Crippen molar-refractivity contribution in [1.29, 1.82) is 0 Å². The molecule has 0 saturated heterocycles. The highest BCUT2D eigenvalue weighted by Gasteiger charge is 2.20. The number of hydrogen-bond donors (Lipinski definition) is 1. The molecule has 1 aromatic carbocycles. The van der Waals surface area contributed by atoms with E-state index in [9.17, 15) is 0 Å². The molecule has 0 amide bonds. The zero-order valence-corrected chi connectivity index (χ0v) is 9.64. The quantitative estimate of drug-likeness (QED) is 0.845. The lowest BCUT2D eigenvalue weighted by Gasteiger charge is -2.27. The van der Waals surface area contributed by atoms with Crippen molar-refractivity contribution in [2.24, 2.45) is 5.92 Å². The average Bonchev–Trinajstić information content (AvgIpc) is 2.38. The summed E-state index contributed by atoms with van der Waals surface area (Å²) in [7, 11) is 0. The minimum Gasteiger partial charge on any atom is -0.396 e. The third kappa shape index (κ3) is 3.32. The summed E-state index contributed by atoms with van der Waals surface area (Å²) in [5, 5.41) is 9.04. The van der Waals surface area contributed by atoms with Gasteiger partial charge in [-0.3, -0.25) is 0 Å². The predicted molar refractivity (Wildman–Crippen MR) is 64.1 cm³/mol. The fraction of sp³-hybridized carbons (Fsp3) is 0.571. The van der Waals surface area contributed by atoms with Crippen molar-refractivity contribution < 1.29 is 9.84 Å². The van der Waals surface area contributed by atoms with Crippen molar-refractivity contribution in [3.8, 4) is 0 Å². The zero-order chi connectivity index (χ0) is 11.2. The Morgan fingerprint density at radius 1 is 1.06 bits per heavy atom. The first kappa shape index (κ1) is 11.6. The maximum Gasteiger partial charge on any atom is 0.0720 e. The molecule has 0 aromatic heterocycles. The summed E-state index contributed by atoms with van der Waals surface area (Å²) in [4.78, 5) is 0. The lowest BCUT2D eigenvalue weighted by molar-refractivity contribution is 0.00120. The van der Waals surface area contributed by atoms with Crippen LogP contribution in [0.1, 0.15) is 31.2 Å². The molecule has 1 aromatic rings. The van der Waals surface area contributed by atoms with E-state index in [1.807, 2.05) is 18.2 Å². The number of rotatable bonds is 4. The van der Waals surface area contributed by atoms with E-state index in [4.69, 9.17) is 9.84 Å². The van der Waals surface area contributed by atoms with Crippen molar-refractivity contribution in [1.82, 2.24) is 0 Å². The van der Waals surface area contributed by atoms with Crippen molar-refractivity contribution >= 4 is 0 Å². The van der Waals surface area contributed by atoms with Gasteiger partial charge in [-0.15, -0.1) is 0 Å². The smallest absolute Gasteiger partial charge is 0.0720 e. The maximum absolute atomic E-state index is 9.04. The Balaban J connectivity index is 1.72. The van der Waals surface area contributed by atoms with Gasteiger partial charge in [-0.05, 0) is 37.2 Å². The molecule has 0 aliphatic heterocycles. The SMILES string of the molecule is OCC1CCC(OCc2ccccc2)CC1.